The standard InChI is InChI=1S/C20H20N2O3/c23-19-18-13-17(16-9-5-2-6-10-16)11-12-21(18)20(24)22(19)25-14-15-7-3-1-4-8-15/h1-10,17-18H,11-14H2. The Hall–Kier alpha value is -2.66. The van der Waals surface area contributed by atoms with Crippen molar-refractivity contribution in [3.05, 3.63) is 71.8 Å². The Morgan fingerprint density at radius 1 is 0.960 bits per heavy atom. The van der Waals surface area contributed by atoms with Gasteiger partial charge in [-0.3, -0.25) is 9.63 Å². The van der Waals surface area contributed by atoms with Crippen LogP contribution in [0.25, 0.3) is 0 Å². The molecule has 2 heterocycles. The molecule has 2 atom stereocenters. The minimum absolute atomic E-state index is 0.209. The monoisotopic (exact) mass is 336 g/mol. The molecule has 0 bridgehead atoms. The number of piperidine rings is 1. The minimum Gasteiger partial charge on any atom is -0.310 e. The molecule has 128 valence electrons. The number of amides is 3. The lowest BCUT2D eigenvalue weighted by Gasteiger charge is -2.32. The summed E-state index contributed by atoms with van der Waals surface area (Å²) < 4.78 is 0. The van der Waals surface area contributed by atoms with Crippen molar-refractivity contribution in [3.63, 3.8) is 0 Å². The molecule has 25 heavy (non-hydrogen) atoms. The van der Waals surface area contributed by atoms with Crippen LogP contribution in [0.4, 0.5) is 4.79 Å². The van der Waals surface area contributed by atoms with Crippen molar-refractivity contribution < 1.29 is 14.4 Å². The average molecular weight is 336 g/mol. The first-order valence-electron chi connectivity index (χ1n) is 8.60. The summed E-state index contributed by atoms with van der Waals surface area (Å²) in [6, 6.07) is 19.0. The summed E-state index contributed by atoms with van der Waals surface area (Å²) in [5.74, 6) is 0.0508. The van der Waals surface area contributed by atoms with Crippen molar-refractivity contribution in [1.82, 2.24) is 9.96 Å². The number of carbonyl (C=O) groups is 2. The van der Waals surface area contributed by atoms with Crippen molar-refractivity contribution in [3.8, 4) is 0 Å². The molecular formula is C20H20N2O3. The minimum atomic E-state index is -0.415. The summed E-state index contributed by atoms with van der Waals surface area (Å²) >= 11 is 0. The predicted molar refractivity (Wildman–Crippen MR) is 92.4 cm³/mol. The fourth-order valence-electron chi connectivity index (χ4n) is 3.63. The molecule has 0 radical (unpaired) electrons. The molecule has 3 amide bonds. The summed E-state index contributed by atoms with van der Waals surface area (Å²) in [6.07, 6.45) is 1.52. The summed E-state index contributed by atoms with van der Waals surface area (Å²) in [7, 11) is 0. The predicted octanol–water partition coefficient (Wildman–Crippen LogP) is 3.33. The molecule has 2 aliphatic rings. The summed E-state index contributed by atoms with van der Waals surface area (Å²) in [5, 5.41) is 0.949. The van der Waals surface area contributed by atoms with Gasteiger partial charge >= 0.3 is 6.03 Å². The van der Waals surface area contributed by atoms with E-state index in [1.165, 1.54) is 5.56 Å². The van der Waals surface area contributed by atoms with E-state index in [9.17, 15) is 9.59 Å². The van der Waals surface area contributed by atoms with Gasteiger partial charge in [-0.1, -0.05) is 60.7 Å². The number of urea groups is 1. The zero-order chi connectivity index (χ0) is 17.2. The van der Waals surface area contributed by atoms with Crippen LogP contribution in [0.3, 0.4) is 0 Å². The number of fused-ring (bicyclic) bond motifs is 1. The van der Waals surface area contributed by atoms with Crippen LogP contribution < -0.4 is 0 Å². The van der Waals surface area contributed by atoms with E-state index in [4.69, 9.17) is 4.84 Å². The normalized spacial score (nSPS) is 23.0. The van der Waals surface area contributed by atoms with Gasteiger partial charge in [0.25, 0.3) is 5.91 Å². The number of nitrogens with zero attached hydrogens (tertiary/aromatic N) is 2. The lowest BCUT2D eigenvalue weighted by atomic mass is 9.86. The van der Waals surface area contributed by atoms with Crippen LogP contribution in [-0.4, -0.2) is 34.5 Å². The second-order valence-corrected chi connectivity index (χ2v) is 6.52. The molecule has 4 rings (SSSR count). The molecule has 2 aromatic carbocycles. The van der Waals surface area contributed by atoms with Crippen molar-refractivity contribution in [1.29, 1.82) is 0 Å². The van der Waals surface area contributed by atoms with E-state index in [1.807, 2.05) is 48.5 Å². The molecular weight excluding hydrogens is 316 g/mol. The smallest absolute Gasteiger partial charge is 0.310 e. The van der Waals surface area contributed by atoms with Gasteiger partial charge in [0.1, 0.15) is 12.6 Å². The van der Waals surface area contributed by atoms with Crippen molar-refractivity contribution in [2.45, 2.75) is 31.4 Å². The third kappa shape index (κ3) is 3.03. The Kier molecular flexibility index (Phi) is 4.24. The topological polar surface area (TPSA) is 49.9 Å². The highest BCUT2D eigenvalue weighted by atomic mass is 16.7. The van der Waals surface area contributed by atoms with Gasteiger partial charge in [-0.15, -0.1) is 5.06 Å². The maximum atomic E-state index is 12.7. The van der Waals surface area contributed by atoms with E-state index in [1.54, 1.807) is 4.90 Å². The lowest BCUT2D eigenvalue weighted by Crippen LogP contribution is -2.41. The number of rotatable bonds is 4. The Balaban J connectivity index is 1.45. The highest BCUT2D eigenvalue weighted by molar-refractivity contribution is 6.03. The van der Waals surface area contributed by atoms with E-state index >= 15 is 0 Å². The Morgan fingerprint density at radius 3 is 2.36 bits per heavy atom. The van der Waals surface area contributed by atoms with Crippen LogP contribution in [0.15, 0.2) is 60.7 Å². The SMILES string of the molecule is O=C1C2CC(c3ccccc3)CCN2C(=O)N1OCc1ccccc1. The molecule has 0 saturated carbocycles. The second kappa shape index (κ2) is 6.69. The van der Waals surface area contributed by atoms with E-state index in [-0.39, 0.29) is 18.5 Å². The molecule has 2 saturated heterocycles. The van der Waals surface area contributed by atoms with E-state index in [0.717, 1.165) is 17.0 Å². The zero-order valence-corrected chi connectivity index (χ0v) is 13.9. The lowest BCUT2D eigenvalue weighted by molar-refractivity contribution is -0.167. The molecule has 0 spiro atoms. The van der Waals surface area contributed by atoms with E-state index in [2.05, 4.69) is 12.1 Å². The fraction of sp³-hybridized carbons (Fsp3) is 0.300. The Morgan fingerprint density at radius 2 is 1.64 bits per heavy atom. The third-order valence-corrected chi connectivity index (χ3v) is 4.98. The molecule has 0 aliphatic carbocycles. The van der Waals surface area contributed by atoms with Gasteiger partial charge in [0.15, 0.2) is 0 Å². The third-order valence-electron chi connectivity index (χ3n) is 4.98. The molecule has 5 heteroatoms. The first kappa shape index (κ1) is 15.8. The molecule has 0 aromatic heterocycles. The average Bonchev–Trinajstić information content (AvgIpc) is 2.91. The van der Waals surface area contributed by atoms with Crippen LogP contribution in [0.1, 0.15) is 29.9 Å². The van der Waals surface area contributed by atoms with Gasteiger partial charge in [-0.05, 0) is 29.9 Å². The van der Waals surface area contributed by atoms with Gasteiger partial charge in [-0.2, -0.15) is 0 Å². The molecule has 2 aromatic rings. The van der Waals surface area contributed by atoms with Gasteiger partial charge in [0.05, 0.1) is 0 Å². The van der Waals surface area contributed by atoms with Gasteiger partial charge in [-0.25, -0.2) is 4.79 Å². The first-order chi connectivity index (χ1) is 12.2. The van der Waals surface area contributed by atoms with Gasteiger partial charge < -0.3 is 4.90 Å². The number of hydroxylamine groups is 2. The summed E-state index contributed by atoms with van der Waals surface area (Å²) in [4.78, 5) is 32.4. The van der Waals surface area contributed by atoms with Crippen LogP contribution >= 0.6 is 0 Å². The second-order valence-electron chi connectivity index (χ2n) is 6.52. The molecule has 0 N–H and O–H groups in total. The van der Waals surface area contributed by atoms with Gasteiger partial charge in [0.2, 0.25) is 0 Å². The Bertz CT molecular complexity index is 763. The number of imide groups is 1. The maximum absolute atomic E-state index is 12.7. The van der Waals surface area contributed by atoms with Crippen LogP contribution in [0.2, 0.25) is 0 Å². The zero-order valence-electron chi connectivity index (χ0n) is 13.9. The number of hydrogen-bond donors (Lipinski definition) is 0. The van der Waals surface area contributed by atoms with Crippen LogP contribution in [0.5, 0.6) is 0 Å². The van der Waals surface area contributed by atoms with Crippen molar-refractivity contribution in [2.75, 3.05) is 6.54 Å². The number of benzene rings is 2. The van der Waals surface area contributed by atoms with Crippen LogP contribution in [0, 0.1) is 0 Å². The number of hydrogen-bond acceptors (Lipinski definition) is 3. The van der Waals surface area contributed by atoms with Crippen LogP contribution in [-0.2, 0) is 16.2 Å². The maximum Gasteiger partial charge on any atom is 0.352 e. The number of carbonyl (C=O) groups excluding carboxylic acids is 2. The summed E-state index contributed by atoms with van der Waals surface area (Å²) in [6.45, 7) is 0.793. The van der Waals surface area contributed by atoms with E-state index in [0.29, 0.717) is 18.9 Å². The highest BCUT2D eigenvalue weighted by Crippen LogP contribution is 2.35. The van der Waals surface area contributed by atoms with Gasteiger partial charge in [0, 0.05) is 6.54 Å². The summed E-state index contributed by atoms with van der Waals surface area (Å²) in [5.41, 5.74) is 2.15. The molecule has 2 aliphatic heterocycles. The first-order valence-corrected chi connectivity index (χ1v) is 8.60. The molecule has 5 nitrogen and oxygen atoms in total. The van der Waals surface area contributed by atoms with Crippen molar-refractivity contribution >= 4 is 11.9 Å². The quantitative estimate of drug-likeness (QED) is 0.805. The largest absolute Gasteiger partial charge is 0.352 e. The Labute approximate surface area is 146 Å². The fourth-order valence-corrected chi connectivity index (χ4v) is 3.63. The van der Waals surface area contributed by atoms with Crippen molar-refractivity contribution in [2.24, 2.45) is 0 Å². The van der Waals surface area contributed by atoms with E-state index < -0.39 is 6.04 Å². The molecule has 2 unspecified atom stereocenters. The highest BCUT2D eigenvalue weighted by Gasteiger charge is 2.49. The molecule has 2 fully saturated rings.